The zero-order chi connectivity index (χ0) is 18.5. The van der Waals surface area contributed by atoms with E-state index in [1.807, 2.05) is 26.0 Å². The van der Waals surface area contributed by atoms with Gasteiger partial charge in [0.25, 0.3) is 0 Å². The highest BCUT2D eigenvalue weighted by Crippen LogP contribution is 2.26. The summed E-state index contributed by atoms with van der Waals surface area (Å²) in [6.45, 7) is 6.79. The summed E-state index contributed by atoms with van der Waals surface area (Å²) in [6.07, 6.45) is 6.36. The Hall–Kier alpha value is -1.89. The number of nitrogens with one attached hydrogen (secondary N) is 1. The number of thioether (sulfide) groups is 1. The van der Waals surface area contributed by atoms with Crippen LogP contribution in [0.25, 0.3) is 5.69 Å². The Labute approximate surface area is 159 Å². The molecule has 1 unspecified atom stereocenters. The molecule has 1 N–H and O–H groups in total. The molecule has 1 aliphatic carbocycles. The summed E-state index contributed by atoms with van der Waals surface area (Å²) >= 11 is 1.39. The molecule has 1 aromatic carbocycles. The van der Waals surface area contributed by atoms with Crippen molar-refractivity contribution in [1.82, 2.24) is 25.5 Å². The molecule has 1 saturated carbocycles. The first-order chi connectivity index (χ1) is 12.5. The van der Waals surface area contributed by atoms with Crippen LogP contribution >= 0.6 is 11.8 Å². The summed E-state index contributed by atoms with van der Waals surface area (Å²) < 4.78 is 1.71. The van der Waals surface area contributed by atoms with Crippen LogP contribution in [0.15, 0.2) is 23.4 Å². The molecule has 1 aromatic heterocycles. The van der Waals surface area contributed by atoms with Crippen LogP contribution in [0.4, 0.5) is 0 Å². The topological polar surface area (TPSA) is 72.7 Å². The molecule has 26 heavy (non-hydrogen) atoms. The molecular weight excluding hydrogens is 346 g/mol. The first-order valence-electron chi connectivity index (χ1n) is 9.35. The SMILES string of the molecule is Cc1ccc(-n2nnnc2SC(C)C(=O)NCC2CCCCC2)c(C)c1. The number of rotatable bonds is 6. The van der Waals surface area contributed by atoms with Crippen molar-refractivity contribution in [2.45, 2.75) is 63.3 Å². The molecule has 1 aliphatic rings. The first kappa shape index (κ1) is 18.9. The summed E-state index contributed by atoms with van der Waals surface area (Å²) in [7, 11) is 0. The summed E-state index contributed by atoms with van der Waals surface area (Å²) in [6, 6.07) is 6.16. The zero-order valence-corrected chi connectivity index (χ0v) is 16.6. The summed E-state index contributed by atoms with van der Waals surface area (Å²) in [5, 5.41) is 15.5. The smallest absolute Gasteiger partial charge is 0.233 e. The Morgan fingerprint density at radius 2 is 2.08 bits per heavy atom. The Balaban J connectivity index is 1.61. The molecule has 140 valence electrons. The van der Waals surface area contributed by atoms with E-state index in [4.69, 9.17) is 0 Å². The van der Waals surface area contributed by atoms with Gasteiger partial charge in [0.05, 0.1) is 10.9 Å². The maximum Gasteiger partial charge on any atom is 0.233 e. The minimum absolute atomic E-state index is 0.0516. The highest BCUT2D eigenvalue weighted by atomic mass is 32.2. The Morgan fingerprint density at radius 1 is 1.31 bits per heavy atom. The maximum atomic E-state index is 12.5. The van der Waals surface area contributed by atoms with Crippen molar-refractivity contribution in [3.8, 4) is 5.69 Å². The molecule has 1 atom stereocenters. The third-order valence-corrected chi connectivity index (χ3v) is 6.00. The Bertz CT molecular complexity index is 754. The average molecular weight is 374 g/mol. The summed E-state index contributed by atoms with van der Waals surface area (Å²) in [5.41, 5.74) is 3.25. The van der Waals surface area contributed by atoms with E-state index in [9.17, 15) is 4.79 Å². The molecule has 0 radical (unpaired) electrons. The van der Waals surface area contributed by atoms with Gasteiger partial charge in [0.1, 0.15) is 0 Å². The maximum absolute atomic E-state index is 12.5. The van der Waals surface area contributed by atoms with Crippen LogP contribution in [0.1, 0.15) is 50.2 Å². The third kappa shape index (κ3) is 4.63. The van der Waals surface area contributed by atoms with Crippen molar-refractivity contribution >= 4 is 17.7 Å². The van der Waals surface area contributed by atoms with Crippen LogP contribution in [-0.4, -0.2) is 37.9 Å². The van der Waals surface area contributed by atoms with Crippen LogP contribution in [0.5, 0.6) is 0 Å². The molecule has 1 amide bonds. The van der Waals surface area contributed by atoms with E-state index < -0.39 is 0 Å². The predicted octanol–water partition coefficient (Wildman–Crippen LogP) is 3.46. The molecule has 7 heteroatoms. The molecular formula is C19H27N5OS. The van der Waals surface area contributed by atoms with Gasteiger partial charge in [-0.3, -0.25) is 4.79 Å². The number of carbonyl (C=O) groups excluding carboxylic acids is 1. The van der Waals surface area contributed by atoms with Crippen LogP contribution in [-0.2, 0) is 4.79 Å². The fourth-order valence-electron chi connectivity index (χ4n) is 3.44. The van der Waals surface area contributed by atoms with Gasteiger partial charge in [-0.05, 0) is 61.6 Å². The monoisotopic (exact) mass is 373 g/mol. The van der Waals surface area contributed by atoms with Crippen molar-refractivity contribution in [2.75, 3.05) is 6.54 Å². The van der Waals surface area contributed by atoms with E-state index in [1.165, 1.54) is 49.4 Å². The van der Waals surface area contributed by atoms with Gasteiger partial charge >= 0.3 is 0 Å². The van der Waals surface area contributed by atoms with Gasteiger partial charge in [0, 0.05) is 6.54 Å². The van der Waals surface area contributed by atoms with Gasteiger partial charge in [-0.15, -0.1) is 5.10 Å². The van der Waals surface area contributed by atoms with Crippen molar-refractivity contribution in [3.63, 3.8) is 0 Å². The lowest BCUT2D eigenvalue weighted by atomic mass is 9.89. The molecule has 0 saturated heterocycles. The van der Waals surface area contributed by atoms with Crippen molar-refractivity contribution in [2.24, 2.45) is 5.92 Å². The van der Waals surface area contributed by atoms with Crippen LogP contribution < -0.4 is 5.32 Å². The number of nitrogens with zero attached hydrogens (tertiary/aromatic N) is 4. The van der Waals surface area contributed by atoms with Crippen LogP contribution in [0, 0.1) is 19.8 Å². The highest BCUT2D eigenvalue weighted by molar-refractivity contribution is 8.00. The quantitative estimate of drug-likeness (QED) is 0.785. The lowest BCUT2D eigenvalue weighted by Gasteiger charge is -2.22. The third-order valence-electron chi connectivity index (χ3n) is 4.96. The van der Waals surface area contributed by atoms with Crippen molar-refractivity contribution in [1.29, 1.82) is 0 Å². The van der Waals surface area contributed by atoms with Gasteiger partial charge in [-0.1, -0.05) is 48.7 Å². The number of aryl methyl sites for hydroxylation is 2. The summed E-state index contributed by atoms with van der Waals surface area (Å²) in [5.74, 6) is 0.682. The molecule has 1 heterocycles. The second-order valence-electron chi connectivity index (χ2n) is 7.17. The van der Waals surface area contributed by atoms with E-state index in [2.05, 4.69) is 33.8 Å². The predicted molar refractivity (Wildman–Crippen MR) is 104 cm³/mol. The van der Waals surface area contributed by atoms with Crippen LogP contribution in [0.3, 0.4) is 0 Å². The fourth-order valence-corrected chi connectivity index (χ4v) is 4.26. The van der Waals surface area contributed by atoms with E-state index in [1.54, 1.807) is 4.68 Å². The number of aromatic nitrogens is 4. The lowest BCUT2D eigenvalue weighted by molar-refractivity contribution is -0.120. The molecule has 0 spiro atoms. The second kappa shape index (κ2) is 8.66. The number of benzene rings is 1. The zero-order valence-electron chi connectivity index (χ0n) is 15.7. The second-order valence-corrected chi connectivity index (χ2v) is 8.48. The van der Waals surface area contributed by atoms with Gasteiger partial charge in [-0.25, -0.2) is 0 Å². The first-order valence-corrected chi connectivity index (χ1v) is 10.2. The number of tetrazole rings is 1. The number of carbonyl (C=O) groups is 1. The Morgan fingerprint density at radius 3 is 2.81 bits per heavy atom. The standard InChI is InChI=1S/C19H27N5OS/c1-13-9-10-17(14(2)11-13)24-19(21-22-23-24)26-15(3)18(25)20-12-16-7-5-4-6-8-16/h9-11,15-16H,4-8,12H2,1-3H3,(H,20,25). The number of hydrogen-bond acceptors (Lipinski definition) is 5. The minimum Gasteiger partial charge on any atom is -0.355 e. The van der Waals surface area contributed by atoms with Gasteiger partial charge in [0.2, 0.25) is 11.1 Å². The molecule has 6 nitrogen and oxygen atoms in total. The van der Waals surface area contributed by atoms with Crippen molar-refractivity contribution in [3.05, 3.63) is 29.3 Å². The molecule has 3 rings (SSSR count). The van der Waals surface area contributed by atoms with E-state index in [0.717, 1.165) is 17.8 Å². The highest BCUT2D eigenvalue weighted by Gasteiger charge is 2.21. The number of amides is 1. The average Bonchev–Trinajstić information content (AvgIpc) is 3.08. The normalized spacial score (nSPS) is 16.4. The van der Waals surface area contributed by atoms with Crippen LogP contribution in [0.2, 0.25) is 0 Å². The molecule has 0 aliphatic heterocycles. The van der Waals surface area contributed by atoms with Gasteiger partial charge in [-0.2, -0.15) is 4.68 Å². The summed E-state index contributed by atoms with van der Waals surface area (Å²) in [4.78, 5) is 12.5. The van der Waals surface area contributed by atoms with Gasteiger partial charge < -0.3 is 5.32 Å². The minimum atomic E-state index is -0.242. The number of hydrogen-bond donors (Lipinski definition) is 1. The van der Waals surface area contributed by atoms with Gasteiger partial charge in [0.15, 0.2) is 0 Å². The fraction of sp³-hybridized carbons (Fsp3) is 0.579. The van der Waals surface area contributed by atoms with E-state index >= 15 is 0 Å². The molecule has 1 fully saturated rings. The molecule has 0 bridgehead atoms. The Kier molecular flexibility index (Phi) is 6.29. The largest absolute Gasteiger partial charge is 0.355 e. The molecule has 2 aromatic rings. The van der Waals surface area contributed by atoms with Crippen molar-refractivity contribution < 1.29 is 4.79 Å². The van der Waals surface area contributed by atoms with E-state index in [0.29, 0.717) is 11.1 Å². The van der Waals surface area contributed by atoms with E-state index in [-0.39, 0.29) is 11.2 Å². The lowest BCUT2D eigenvalue weighted by Crippen LogP contribution is -2.35.